The Bertz CT molecular complexity index is 189. The molecule has 61 valence electrons. The fourth-order valence-electron chi connectivity index (χ4n) is 0.680. The topological polar surface area (TPSA) is 58.7 Å². The van der Waals surface area contributed by atoms with Gasteiger partial charge in [-0.05, 0) is 6.92 Å². The van der Waals surface area contributed by atoms with E-state index in [1.54, 1.807) is 6.92 Å². The largest absolute Gasteiger partial charge is 0.485 e. The number of hydrogen-bond donors (Lipinski definition) is 0. The van der Waals surface area contributed by atoms with Crippen molar-refractivity contribution in [2.45, 2.75) is 6.92 Å². The number of hydroxylamine groups is 2. The van der Waals surface area contributed by atoms with Crippen LogP contribution in [0.15, 0.2) is 12.0 Å². The second-order valence-electron chi connectivity index (χ2n) is 1.87. The van der Waals surface area contributed by atoms with Crippen molar-refractivity contribution in [2.24, 2.45) is 0 Å². The van der Waals surface area contributed by atoms with E-state index in [1.165, 1.54) is 6.08 Å². The summed E-state index contributed by atoms with van der Waals surface area (Å²) in [5.41, 5.74) is 0. The SMILES string of the molecule is CCOC1=CCN(C([O])=O)O1. The lowest BCUT2D eigenvalue weighted by Gasteiger charge is -2.09. The predicted octanol–water partition coefficient (Wildman–Crippen LogP) is 0.662. The van der Waals surface area contributed by atoms with Crippen molar-refractivity contribution >= 4 is 6.09 Å². The van der Waals surface area contributed by atoms with E-state index in [0.717, 1.165) is 0 Å². The number of carbonyl (C=O) groups excluding carboxylic acids is 1. The van der Waals surface area contributed by atoms with Gasteiger partial charge in [-0.2, -0.15) is 0 Å². The van der Waals surface area contributed by atoms with E-state index in [2.05, 4.69) is 4.84 Å². The van der Waals surface area contributed by atoms with E-state index >= 15 is 0 Å². The molecule has 0 aromatic heterocycles. The first-order valence-electron chi connectivity index (χ1n) is 3.23. The summed E-state index contributed by atoms with van der Waals surface area (Å²) in [4.78, 5) is 14.8. The number of amides is 1. The highest BCUT2D eigenvalue weighted by Gasteiger charge is 2.22. The quantitative estimate of drug-likeness (QED) is 0.593. The molecule has 0 bridgehead atoms. The van der Waals surface area contributed by atoms with Crippen LogP contribution in [0.3, 0.4) is 0 Å². The van der Waals surface area contributed by atoms with E-state index in [-0.39, 0.29) is 12.5 Å². The van der Waals surface area contributed by atoms with Crippen LogP contribution >= 0.6 is 0 Å². The maximum absolute atomic E-state index is 10.2. The van der Waals surface area contributed by atoms with E-state index < -0.39 is 6.09 Å². The molecule has 5 nitrogen and oxygen atoms in total. The standard InChI is InChI=1S/C6H8NO4/c1-2-10-5-3-4-7(11-5)6(8)9/h3H,2,4H2,1H3. The van der Waals surface area contributed by atoms with Gasteiger partial charge in [-0.25, -0.2) is 9.90 Å². The van der Waals surface area contributed by atoms with E-state index in [1.807, 2.05) is 0 Å². The molecular formula is C6H8NO4. The molecule has 0 spiro atoms. The monoisotopic (exact) mass is 158 g/mol. The van der Waals surface area contributed by atoms with Crippen LogP contribution in [0.2, 0.25) is 0 Å². The molecule has 0 saturated carbocycles. The van der Waals surface area contributed by atoms with Gasteiger partial charge in [0, 0.05) is 6.08 Å². The van der Waals surface area contributed by atoms with Crippen LogP contribution in [0.1, 0.15) is 6.92 Å². The molecule has 0 aromatic rings. The minimum absolute atomic E-state index is 0.164. The van der Waals surface area contributed by atoms with Crippen molar-refractivity contribution in [1.82, 2.24) is 5.06 Å². The predicted molar refractivity (Wildman–Crippen MR) is 33.6 cm³/mol. The van der Waals surface area contributed by atoms with Gasteiger partial charge >= 0.3 is 12.0 Å². The summed E-state index contributed by atoms with van der Waals surface area (Å²) < 4.78 is 4.89. The molecule has 1 rings (SSSR count). The summed E-state index contributed by atoms with van der Waals surface area (Å²) in [6, 6.07) is 0. The van der Waals surface area contributed by atoms with E-state index in [0.29, 0.717) is 11.7 Å². The first-order valence-corrected chi connectivity index (χ1v) is 3.23. The van der Waals surface area contributed by atoms with Gasteiger partial charge in [0.05, 0.1) is 13.2 Å². The third-order valence-electron chi connectivity index (χ3n) is 1.11. The van der Waals surface area contributed by atoms with Crippen LogP contribution in [0.25, 0.3) is 0 Å². The van der Waals surface area contributed by atoms with Crippen LogP contribution in [0, 0.1) is 0 Å². The smallest absolute Gasteiger partial charge is 0.464 e. The van der Waals surface area contributed by atoms with Crippen LogP contribution in [0.4, 0.5) is 4.79 Å². The van der Waals surface area contributed by atoms with Crippen LogP contribution in [-0.4, -0.2) is 24.3 Å². The molecule has 0 aromatic carbocycles. The third kappa shape index (κ3) is 1.76. The average molecular weight is 158 g/mol. The molecule has 11 heavy (non-hydrogen) atoms. The number of nitrogens with zero attached hydrogens (tertiary/aromatic N) is 1. The molecule has 1 radical (unpaired) electrons. The minimum atomic E-state index is -1.36. The van der Waals surface area contributed by atoms with Crippen LogP contribution < -0.4 is 0 Å². The van der Waals surface area contributed by atoms with Gasteiger partial charge in [-0.1, -0.05) is 0 Å². The van der Waals surface area contributed by atoms with Gasteiger partial charge in [0.25, 0.3) is 0 Å². The zero-order valence-corrected chi connectivity index (χ0v) is 6.07. The molecule has 0 saturated heterocycles. The summed E-state index contributed by atoms with van der Waals surface area (Å²) in [5.74, 6) is 0.219. The summed E-state index contributed by atoms with van der Waals surface area (Å²) in [7, 11) is 0. The van der Waals surface area contributed by atoms with Gasteiger partial charge in [-0.15, -0.1) is 5.06 Å². The summed E-state index contributed by atoms with van der Waals surface area (Å²) in [5, 5.41) is 10.8. The van der Waals surface area contributed by atoms with Gasteiger partial charge in [0.15, 0.2) is 0 Å². The van der Waals surface area contributed by atoms with E-state index in [4.69, 9.17) is 4.74 Å². The van der Waals surface area contributed by atoms with Gasteiger partial charge in [-0.3, -0.25) is 0 Å². The van der Waals surface area contributed by atoms with E-state index in [9.17, 15) is 9.90 Å². The maximum atomic E-state index is 10.2. The van der Waals surface area contributed by atoms with Crippen molar-refractivity contribution < 1.29 is 19.5 Å². The second kappa shape index (κ2) is 3.14. The Morgan fingerprint density at radius 2 is 2.64 bits per heavy atom. The van der Waals surface area contributed by atoms with Crippen molar-refractivity contribution in [3.63, 3.8) is 0 Å². The summed E-state index contributed by atoms with van der Waals surface area (Å²) >= 11 is 0. The van der Waals surface area contributed by atoms with Crippen LogP contribution in [0.5, 0.6) is 0 Å². The Morgan fingerprint density at radius 1 is 1.91 bits per heavy atom. The molecule has 0 fully saturated rings. The fraction of sp³-hybridized carbons (Fsp3) is 0.500. The fourth-order valence-corrected chi connectivity index (χ4v) is 0.680. The summed E-state index contributed by atoms with van der Waals surface area (Å²) in [6.07, 6.45) is 0.162. The summed E-state index contributed by atoms with van der Waals surface area (Å²) in [6.45, 7) is 2.40. The molecule has 0 aliphatic carbocycles. The highest BCUT2D eigenvalue weighted by atomic mass is 16.8. The molecule has 1 aliphatic rings. The number of ether oxygens (including phenoxy) is 1. The lowest BCUT2D eigenvalue weighted by atomic mass is 10.6. The van der Waals surface area contributed by atoms with Crippen molar-refractivity contribution in [2.75, 3.05) is 13.2 Å². The molecule has 1 aliphatic heterocycles. The molecule has 1 amide bonds. The molecule has 0 atom stereocenters. The van der Waals surface area contributed by atoms with Crippen LogP contribution in [-0.2, 0) is 14.7 Å². The molecule has 1 heterocycles. The Morgan fingerprint density at radius 3 is 3.09 bits per heavy atom. The zero-order chi connectivity index (χ0) is 8.27. The Labute approximate surface area is 63.8 Å². The second-order valence-corrected chi connectivity index (χ2v) is 1.87. The van der Waals surface area contributed by atoms with Crippen molar-refractivity contribution in [3.8, 4) is 0 Å². The molecule has 0 unspecified atom stereocenters. The lowest BCUT2D eigenvalue weighted by Crippen LogP contribution is -2.24. The molecule has 0 N–H and O–H groups in total. The van der Waals surface area contributed by atoms with Gasteiger partial charge in [0.2, 0.25) is 0 Å². The third-order valence-corrected chi connectivity index (χ3v) is 1.11. The van der Waals surface area contributed by atoms with Crippen molar-refractivity contribution in [3.05, 3.63) is 12.0 Å². The zero-order valence-electron chi connectivity index (χ0n) is 6.07. The maximum Gasteiger partial charge on any atom is 0.485 e. The lowest BCUT2D eigenvalue weighted by molar-refractivity contribution is -0.121. The average Bonchev–Trinajstić information content (AvgIpc) is 2.37. The number of carbonyl (C=O) groups is 1. The van der Waals surface area contributed by atoms with Crippen molar-refractivity contribution in [1.29, 1.82) is 0 Å². The van der Waals surface area contributed by atoms with Gasteiger partial charge < -0.3 is 9.57 Å². The highest BCUT2D eigenvalue weighted by Crippen LogP contribution is 2.11. The molecular weight excluding hydrogens is 150 g/mol. The Hall–Kier alpha value is -1.39. The number of rotatable bonds is 2. The normalized spacial score (nSPS) is 15.7. The highest BCUT2D eigenvalue weighted by molar-refractivity contribution is 5.63. The molecule has 5 heteroatoms. The first kappa shape index (κ1) is 7.71. The van der Waals surface area contributed by atoms with Gasteiger partial charge in [0.1, 0.15) is 0 Å². The minimum Gasteiger partial charge on any atom is -0.464 e. The number of hydrogen-bond acceptors (Lipinski definition) is 3. The Kier molecular flexibility index (Phi) is 2.20. The first-order chi connectivity index (χ1) is 5.24. The Balaban J connectivity index is 2.36.